The molecular weight excluding hydrogens is 381 g/mol. The molecule has 0 aliphatic carbocycles. The van der Waals surface area contributed by atoms with E-state index in [-0.39, 0.29) is 36.8 Å². The van der Waals surface area contributed by atoms with Crippen LogP contribution in [0.3, 0.4) is 0 Å². The third-order valence-corrected chi connectivity index (χ3v) is 5.16. The molecule has 27 heavy (non-hydrogen) atoms. The van der Waals surface area contributed by atoms with Gasteiger partial charge < -0.3 is 11.1 Å². The molecule has 2 aromatic rings. The number of nitrogens with one attached hydrogen (secondary N) is 1. The van der Waals surface area contributed by atoms with Gasteiger partial charge in [0.15, 0.2) is 0 Å². The highest BCUT2D eigenvalue weighted by atomic mass is 35.5. The van der Waals surface area contributed by atoms with Gasteiger partial charge in [-0.3, -0.25) is 9.69 Å². The van der Waals surface area contributed by atoms with E-state index < -0.39 is 0 Å². The molecule has 1 aliphatic heterocycles. The molecule has 3 rings (SSSR count). The number of hydrogen-bond acceptors (Lipinski definition) is 3. The van der Waals surface area contributed by atoms with Crippen molar-refractivity contribution in [3.8, 4) is 0 Å². The second kappa shape index (κ2) is 11.2. The maximum atomic E-state index is 12.5. The number of carbonyl (C=O) groups is 1. The summed E-state index contributed by atoms with van der Waals surface area (Å²) in [5.41, 5.74) is 8.61. The molecule has 1 heterocycles. The summed E-state index contributed by atoms with van der Waals surface area (Å²) in [6, 6.07) is 17.9. The van der Waals surface area contributed by atoms with Crippen molar-refractivity contribution in [2.24, 2.45) is 5.92 Å². The highest BCUT2D eigenvalue weighted by molar-refractivity contribution is 5.97. The first kappa shape index (κ1) is 23.3. The third-order valence-electron chi connectivity index (χ3n) is 5.16. The molecular formula is C21H29Cl2N3O. The summed E-state index contributed by atoms with van der Waals surface area (Å²) >= 11 is 0. The normalized spacial score (nSPS) is 15.9. The average Bonchev–Trinajstić information content (AvgIpc) is 2.64. The van der Waals surface area contributed by atoms with Gasteiger partial charge in [-0.1, -0.05) is 42.5 Å². The van der Waals surface area contributed by atoms with Crippen LogP contribution in [0, 0.1) is 5.92 Å². The summed E-state index contributed by atoms with van der Waals surface area (Å²) in [7, 11) is 0. The molecule has 2 aromatic carbocycles. The number of halogens is 2. The number of hydrogen-bond donors (Lipinski definition) is 2. The Kier molecular flexibility index (Phi) is 9.64. The molecule has 4 nitrogen and oxygen atoms in total. The standard InChI is InChI=1S/C21H27N3O.2ClH/c1-16(21(25)23-20-10-6-5-9-19(20)22)24-13-11-18(12-14-24)15-17-7-3-2-4-8-17;;/h2-10,16,18H,11-15,22H2,1H3,(H,23,25);2*1H. The van der Waals surface area contributed by atoms with Gasteiger partial charge in [-0.25, -0.2) is 0 Å². The van der Waals surface area contributed by atoms with Crippen LogP contribution in [0.4, 0.5) is 11.4 Å². The Morgan fingerprint density at radius 3 is 2.30 bits per heavy atom. The van der Waals surface area contributed by atoms with Crippen molar-refractivity contribution in [3.05, 3.63) is 60.2 Å². The Balaban J connectivity index is 0.00000182. The Morgan fingerprint density at radius 1 is 1.07 bits per heavy atom. The summed E-state index contributed by atoms with van der Waals surface area (Å²) in [6.45, 7) is 3.92. The molecule has 1 saturated heterocycles. The first-order valence-corrected chi connectivity index (χ1v) is 9.07. The number of nitrogens with two attached hydrogens (primary N) is 1. The minimum atomic E-state index is -0.141. The van der Waals surface area contributed by atoms with E-state index in [2.05, 4.69) is 40.5 Å². The molecule has 0 saturated carbocycles. The van der Waals surface area contributed by atoms with Gasteiger partial charge in [0.25, 0.3) is 0 Å². The molecule has 0 spiro atoms. The van der Waals surface area contributed by atoms with Crippen LogP contribution in [0.5, 0.6) is 0 Å². The van der Waals surface area contributed by atoms with Crippen molar-refractivity contribution in [3.63, 3.8) is 0 Å². The van der Waals surface area contributed by atoms with Gasteiger partial charge in [-0.05, 0) is 62.9 Å². The minimum absolute atomic E-state index is 0. The fourth-order valence-corrected chi connectivity index (χ4v) is 3.51. The SMILES string of the molecule is CC(C(=O)Nc1ccccc1N)N1CCC(Cc2ccccc2)CC1.Cl.Cl. The summed E-state index contributed by atoms with van der Waals surface area (Å²) in [6.07, 6.45) is 3.41. The van der Waals surface area contributed by atoms with E-state index in [0.29, 0.717) is 17.3 Å². The second-order valence-corrected chi connectivity index (χ2v) is 6.92. The number of nitrogen functional groups attached to an aromatic ring is 1. The zero-order valence-electron chi connectivity index (χ0n) is 15.6. The molecule has 1 amide bonds. The third kappa shape index (κ3) is 6.42. The van der Waals surface area contributed by atoms with Gasteiger partial charge >= 0.3 is 0 Å². The van der Waals surface area contributed by atoms with Crippen LogP contribution in [0.15, 0.2) is 54.6 Å². The average molecular weight is 410 g/mol. The van der Waals surface area contributed by atoms with Gasteiger partial charge in [0.05, 0.1) is 17.4 Å². The molecule has 1 unspecified atom stereocenters. The molecule has 0 aromatic heterocycles. The second-order valence-electron chi connectivity index (χ2n) is 6.92. The van der Waals surface area contributed by atoms with E-state index in [1.165, 1.54) is 5.56 Å². The summed E-state index contributed by atoms with van der Waals surface area (Å²) in [4.78, 5) is 14.8. The number of carbonyl (C=O) groups excluding carboxylic acids is 1. The number of anilines is 2. The monoisotopic (exact) mass is 409 g/mol. The van der Waals surface area contributed by atoms with Gasteiger partial charge in [0, 0.05) is 0 Å². The van der Waals surface area contributed by atoms with Gasteiger partial charge in [-0.2, -0.15) is 0 Å². The van der Waals surface area contributed by atoms with Crippen LogP contribution < -0.4 is 11.1 Å². The highest BCUT2D eigenvalue weighted by Gasteiger charge is 2.26. The van der Waals surface area contributed by atoms with Crippen molar-refractivity contribution in [2.75, 3.05) is 24.1 Å². The van der Waals surface area contributed by atoms with Crippen LogP contribution in [0.25, 0.3) is 0 Å². The molecule has 3 N–H and O–H groups in total. The lowest BCUT2D eigenvalue weighted by Crippen LogP contribution is -2.46. The largest absolute Gasteiger partial charge is 0.397 e. The smallest absolute Gasteiger partial charge is 0.241 e. The summed E-state index contributed by atoms with van der Waals surface area (Å²) in [5.74, 6) is 0.720. The first-order valence-electron chi connectivity index (χ1n) is 9.07. The first-order chi connectivity index (χ1) is 12.1. The van der Waals surface area contributed by atoms with Gasteiger partial charge in [0.1, 0.15) is 0 Å². The summed E-state index contributed by atoms with van der Waals surface area (Å²) < 4.78 is 0. The van der Waals surface area contributed by atoms with Crippen LogP contribution in [-0.4, -0.2) is 29.9 Å². The van der Waals surface area contributed by atoms with E-state index in [9.17, 15) is 4.79 Å². The van der Waals surface area contributed by atoms with Crippen molar-refractivity contribution in [1.82, 2.24) is 4.90 Å². The maximum Gasteiger partial charge on any atom is 0.241 e. The fourth-order valence-electron chi connectivity index (χ4n) is 3.51. The number of amides is 1. The molecule has 1 fully saturated rings. The maximum absolute atomic E-state index is 12.5. The highest BCUT2D eigenvalue weighted by Crippen LogP contribution is 2.24. The lowest BCUT2D eigenvalue weighted by molar-refractivity contribution is -0.121. The Bertz CT molecular complexity index is 704. The Morgan fingerprint density at radius 2 is 1.67 bits per heavy atom. The minimum Gasteiger partial charge on any atom is -0.397 e. The number of piperidine rings is 1. The van der Waals surface area contributed by atoms with Crippen molar-refractivity contribution >= 4 is 42.1 Å². The van der Waals surface area contributed by atoms with E-state index in [1.807, 2.05) is 25.1 Å². The molecule has 1 aliphatic rings. The number of nitrogens with zero attached hydrogens (tertiary/aromatic N) is 1. The molecule has 0 radical (unpaired) electrons. The molecule has 1 atom stereocenters. The Hall–Kier alpha value is -1.75. The zero-order valence-corrected chi connectivity index (χ0v) is 17.3. The van der Waals surface area contributed by atoms with Crippen LogP contribution in [0.2, 0.25) is 0 Å². The lowest BCUT2D eigenvalue weighted by atomic mass is 9.89. The van der Waals surface area contributed by atoms with Crippen LogP contribution >= 0.6 is 24.8 Å². The topological polar surface area (TPSA) is 58.4 Å². The quantitative estimate of drug-likeness (QED) is 0.719. The van der Waals surface area contributed by atoms with E-state index >= 15 is 0 Å². The van der Waals surface area contributed by atoms with Crippen LogP contribution in [0.1, 0.15) is 25.3 Å². The van der Waals surface area contributed by atoms with Crippen molar-refractivity contribution < 1.29 is 4.79 Å². The van der Waals surface area contributed by atoms with Crippen LogP contribution in [-0.2, 0) is 11.2 Å². The molecule has 0 bridgehead atoms. The zero-order chi connectivity index (χ0) is 17.6. The molecule has 148 valence electrons. The summed E-state index contributed by atoms with van der Waals surface area (Å²) in [5, 5.41) is 2.95. The molecule has 6 heteroatoms. The van der Waals surface area contributed by atoms with Gasteiger partial charge in [-0.15, -0.1) is 24.8 Å². The van der Waals surface area contributed by atoms with Crippen molar-refractivity contribution in [2.45, 2.75) is 32.2 Å². The van der Waals surface area contributed by atoms with E-state index in [4.69, 9.17) is 5.73 Å². The van der Waals surface area contributed by atoms with E-state index in [1.54, 1.807) is 6.07 Å². The van der Waals surface area contributed by atoms with Gasteiger partial charge in [0.2, 0.25) is 5.91 Å². The van der Waals surface area contributed by atoms with E-state index in [0.717, 1.165) is 32.4 Å². The fraction of sp³-hybridized carbons (Fsp3) is 0.381. The number of rotatable bonds is 5. The lowest BCUT2D eigenvalue weighted by Gasteiger charge is -2.35. The number of para-hydroxylation sites is 2. The predicted octanol–water partition coefficient (Wildman–Crippen LogP) is 4.39. The predicted molar refractivity (Wildman–Crippen MR) is 118 cm³/mol. The van der Waals surface area contributed by atoms with Crippen molar-refractivity contribution in [1.29, 1.82) is 0 Å². The Labute approximate surface area is 174 Å². The number of benzene rings is 2. The number of likely N-dealkylation sites (tertiary alicyclic amines) is 1.